The van der Waals surface area contributed by atoms with Gasteiger partial charge in [-0.2, -0.15) is 0 Å². The van der Waals surface area contributed by atoms with Crippen molar-refractivity contribution in [3.8, 4) is 0 Å². The Bertz CT molecular complexity index is 372. The van der Waals surface area contributed by atoms with Gasteiger partial charge in [-0.25, -0.2) is 0 Å². The highest BCUT2D eigenvalue weighted by atomic mass is 32.2. The molecule has 2 rings (SSSR count). The highest BCUT2D eigenvalue weighted by molar-refractivity contribution is 7.99. The molecular weight excluding hydrogens is 216 g/mol. The average molecular weight is 234 g/mol. The van der Waals surface area contributed by atoms with E-state index < -0.39 is 0 Å². The van der Waals surface area contributed by atoms with Gasteiger partial charge in [-0.3, -0.25) is 4.99 Å². The van der Waals surface area contributed by atoms with Crippen molar-refractivity contribution in [2.75, 3.05) is 17.6 Å². The molecule has 0 aliphatic heterocycles. The van der Waals surface area contributed by atoms with Gasteiger partial charge in [0, 0.05) is 11.4 Å². The third kappa shape index (κ3) is 3.01. The maximum atomic E-state index is 4.09. The number of nitrogens with zero attached hydrogens (tertiary/aromatic N) is 1. The number of hydrogen-bond acceptors (Lipinski definition) is 3. The quantitative estimate of drug-likeness (QED) is 0.595. The smallest absolute Gasteiger partial charge is 0.0864 e. The van der Waals surface area contributed by atoms with E-state index in [-0.39, 0.29) is 0 Å². The predicted octanol–water partition coefficient (Wildman–Crippen LogP) is 3.95. The summed E-state index contributed by atoms with van der Waals surface area (Å²) in [7, 11) is 0. The summed E-state index contributed by atoms with van der Waals surface area (Å²) in [5.74, 6) is 1.97. The number of aliphatic imine (C=N–C) groups is 1. The highest BCUT2D eigenvalue weighted by Crippen LogP contribution is 2.33. The van der Waals surface area contributed by atoms with E-state index in [4.69, 9.17) is 0 Å². The SMILES string of the molecule is C=Nc1cc(SCC)ccc1NCC1CC1. The molecule has 0 unspecified atom stereocenters. The van der Waals surface area contributed by atoms with Crippen molar-refractivity contribution in [3.05, 3.63) is 18.2 Å². The van der Waals surface area contributed by atoms with Gasteiger partial charge in [0.15, 0.2) is 0 Å². The van der Waals surface area contributed by atoms with E-state index in [1.807, 2.05) is 11.8 Å². The number of hydrogen-bond donors (Lipinski definition) is 1. The third-order valence-corrected chi connectivity index (χ3v) is 3.60. The van der Waals surface area contributed by atoms with Crippen molar-refractivity contribution in [2.24, 2.45) is 10.9 Å². The van der Waals surface area contributed by atoms with Crippen LogP contribution in [0.15, 0.2) is 28.1 Å². The van der Waals surface area contributed by atoms with E-state index in [2.05, 4.69) is 42.1 Å². The fraction of sp³-hybridized carbons (Fsp3) is 0.462. The molecule has 0 saturated heterocycles. The summed E-state index contributed by atoms with van der Waals surface area (Å²) in [6, 6.07) is 6.37. The molecule has 86 valence electrons. The predicted molar refractivity (Wildman–Crippen MR) is 73.3 cm³/mol. The van der Waals surface area contributed by atoms with Crippen LogP contribution in [0.5, 0.6) is 0 Å². The Kier molecular flexibility index (Phi) is 3.88. The first kappa shape index (κ1) is 11.5. The van der Waals surface area contributed by atoms with Gasteiger partial charge in [0.25, 0.3) is 0 Å². The summed E-state index contributed by atoms with van der Waals surface area (Å²) >= 11 is 1.83. The lowest BCUT2D eigenvalue weighted by Gasteiger charge is -2.09. The molecule has 0 bridgehead atoms. The molecule has 1 saturated carbocycles. The Labute approximate surface area is 102 Å². The molecule has 0 spiro atoms. The first-order valence-corrected chi connectivity index (χ1v) is 6.79. The Morgan fingerprint density at radius 1 is 1.50 bits per heavy atom. The standard InChI is InChI=1S/C13H18N2S/c1-3-16-11-6-7-12(13(8-11)14-2)15-9-10-4-5-10/h6-8,10,15H,2-5,9H2,1H3. The Hall–Kier alpha value is -0.960. The van der Waals surface area contributed by atoms with Crippen LogP contribution in [-0.2, 0) is 0 Å². The van der Waals surface area contributed by atoms with E-state index in [1.165, 1.54) is 17.7 Å². The van der Waals surface area contributed by atoms with Crippen LogP contribution in [-0.4, -0.2) is 19.0 Å². The topological polar surface area (TPSA) is 24.4 Å². The Morgan fingerprint density at radius 2 is 2.31 bits per heavy atom. The van der Waals surface area contributed by atoms with Gasteiger partial charge in [-0.05, 0) is 49.4 Å². The second-order valence-electron chi connectivity index (χ2n) is 4.09. The van der Waals surface area contributed by atoms with Crippen LogP contribution in [0.25, 0.3) is 0 Å². The molecule has 1 fully saturated rings. The molecule has 0 heterocycles. The molecule has 1 aliphatic carbocycles. The van der Waals surface area contributed by atoms with Crippen molar-refractivity contribution in [1.82, 2.24) is 0 Å². The molecule has 1 N–H and O–H groups in total. The van der Waals surface area contributed by atoms with Crippen LogP contribution in [0.3, 0.4) is 0 Å². The molecule has 0 amide bonds. The summed E-state index contributed by atoms with van der Waals surface area (Å²) in [5.41, 5.74) is 2.08. The fourth-order valence-corrected chi connectivity index (χ4v) is 2.32. The van der Waals surface area contributed by atoms with Gasteiger partial charge in [-0.15, -0.1) is 11.8 Å². The van der Waals surface area contributed by atoms with Crippen LogP contribution in [0, 0.1) is 5.92 Å². The summed E-state index contributed by atoms with van der Waals surface area (Å²) in [6.07, 6.45) is 2.74. The van der Waals surface area contributed by atoms with Gasteiger partial charge in [-0.1, -0.05) is 6.92 Å². The van der Waals surface area contributed by atoms with Crippen LogP contribution >= 0.6 is 11.8 Å². The lowest BCUT2D eigenvalue weighted by atomic mass is 10.2. The first-order valence-electron chi connectivity index (χ1n) is 5.81. The normalized spacial score (nSPS) is 14.8. The van der Waals surface area contributed by atoms with Crippen molar-refractivity contribution >= 4 is 29.9 Å². The van der Waals surface area contributed by atoms with E-state index in [0.29, 0.717) is 0 Å². The average Bonchev–Trinajstić information content (AvgIpc) is 3.11. The monoisotopic (exact) mass is 234 g/mol. The van der Waals surface area contributed by atoms with Crippen molar-refractivity contribution in [3.63, 3.8) is 0 Å². The zero-order valence-electron chi connectivity index (χ0n) is 9.70. The number of anilines is 1. The van der Waals surface area contributed by atoms with Crippen molar-refractivity contribution < 1.29 is 0 Å². The lowest BCUT2D eigenvalue weighted by Crippen LogP contribution is -2.03. The minimum absolute atomic E-state index is 0.877. The van der Waals surface area contributed by atoms with E-state index in [1.54, 1.807) is 0 Å². The summed E-state index contributed by atoms with van der Waals surface area (Å²) in [4.78, 5) is 5.35. The molecule has 1 aromatic rings. The maximum Gasteiger partial charge on any atom is 0.0864 e. The number of benzene rings is 1. The zero-order chi connectivity index (χ0) is 11.4. The summed E-state index contributed by atoms with van der Waals surface area (Å²) < 4.78 is 0. The van der Waals surface area contributed by atoms with Gasteiger partial charge in [0.1, 0.15) is 0 Å². The molecule has 0 aromatic heterocycles. The second-order valence-corrected chi connectivity index (χ2v) is 5.43. The maximum absolute atomic E-state index is 4.09. The highest BCUT2D eigenvalue weighted by Gasteiger charge is 2.20. The number of nitrogens with one attached hydrogen (secondary N) is 1. The Balaban J connectivity index is 2.06. The van der Waals surface area contributed by atoms with Crippen molar-refractivity contribution in [1.29, 1.82) is 0 Å². The zero-order valence-corrected chi connectivity index (χ0v) is 10.5. The summed E-state index contributed by atoms with van der Waals surface area (Å²) in [5, 5.41) is 3.45. The minimum Gasteiger partial charge on any atom is -0.383 e. The van der Waals surface area contributed by atoms with Crippen LogP contribution < -0.4 is 5.32 Å². The van der Waals surface area contributed by atoms with E-state index >= 15 is 0 Å². The first-order chi connectivity index (χ1) is 7.83. The molecule has 16 heavy (non-hydrogen) atoms. The van der Waals surface area contributed by atoms with Gasteiger partial charge >= 0.3 is 0 Å². The lowest BCUT2D eigenvalue weighted by molar-refractivity contribution is 0.889. The summed E-state index contributed by atoms with van der Waals surface area (Å²) in [6.45, 7) is 6.87. The van der Waals surface area contributed by atoms with Crippen molar-refractivity contribution in [2.45, 2.75) is 24.7 Å². The minimum atomic E-state index is 0.877. The van der Waals surface area contributed by atoms with Crippen LogP contribution in [0.2, 0.25) is 0 Å². The number of rotatable bonds is 6. The molecule has 1 aromatic carbocycles. The van der Waals surface area contributed by atoms with Gasteiger partial charge < -0.3 is 5.32 Å². The molecule has 0 radical (unpaired) electrons. The molecule has 1 aliphatic rings. The third-order valence-electron chi connectivity index (χ3n) is 2.73. The Morgan fingerprint density at radius 3 is 2.94 bits per heavy atom. The van der Waals surface area contributed by atoms with Crippen LogP contribution in [0.1, 0.15) is 19.8 Å². The second kappa shape index (κ2) is 5.39. The van der Waals surface area contributed by atoms with E-state index in [9.17, 15) is 0 Å². The van der Waals surface area contributed by atoms with Gasteiger partial charge in [0.2, 0.25) is 0 Å². The molecule has 0 atom stereocenters. The van der Waals surface area contributed by atoms with E-state index in [0.717, 1.165) is 29.6 Å². The number of thioether (sulfide) groups is 1. The van der Waals surface area contributed by atoms with Gasteiger partial charge in [0.05, 0.1) is 11.4 Å². The molecule has 3 heteroatoms. The van der Waals surface area contributed by atoms with Crippen LogP contribution in [0.4, 0.5) is 11.4 Å². The molecular formula is C13H18N2S. The fourth-order valence-electron chi connectivity index (χ4n) is 1.62. The largest absolute Gasteiger partial charge is 0.383 e. The molecule has 2 nitrogen and oxygen atoms in total.